The van der Waals surface area contributed by atoms with Crippen molar-refractivity contribution >= 4 is 5.78 Å². The van der Waals surface area contributed by atoms with Crippen molar-refractivity contribution in [1.82, 2.24) is 0 Å². The van der Waals surface area contributed by atoms with Gasteiger partial charge in [-0.1, -0.05) is 0 Å². The van der Waals surface area contributed by atoms with Crippen LogP contribution in [0.15, 0.2) is 0 Å². The van der Waals surface area contributed by atoms with E-state index in [-0.39, 0.29) is 0 Å². The lowest BCUT2D eigenvalue weighted by Gasteiger charge is -2.33. The topological polar surface area (TPSA) is 96.2 Å². The minimum Gasteiger partial charge on any atom is -0.394 e. The molecule has 0 aromatic rings. The van der Waals surface area contributed by atoms with Gasteiger partial charge in [-0.2, -0.15) is 0 Å². The lowest BCUT2D eigenvalue weighted by atomic mass is 10.0. The van der Waals surface area contributed by atoms with Crippen LogP contribution in [0.2, 0.25) is 0 Å². The number of rotatable bonds is 2. The first-order valence-electron chi connectivity index (χ1n) is 3.80. The molecule has 76 valence electrons. The van der Waals surface area contributed by atoms with Gasteiger partial charge in [0.05, 0.1) is 6.61 Å². The molecule has 1 rings (SSSR count). The Morgan fingerprint density at radius 3 is 2.62 bits per heavy atom. The van der Waals surface area contributed by atoms with Crippen molar-refractivity contribution in [2.24, 2.45) is 0 Å². The smallest absolute Gasteiger partial charge is 0.220 e. The zero-order valence-electron chi connectivity index (χ0n) is 7.08. The Bertz CT molecular complexity index is 189. The number of ketones is 1. The predicted octanol–water partition coefficient (Wildman–Crippen LogP) is -2.36. The highest BCUT2D eigenvalue weighted by atomic mass is 16.7. The molecular formula is C7H12O6. The van der Waals surface area contributed by atoms with Gasteiger partial charge in [0.2, 0.25) is 12.1 Å². The van der Waals surface area contributed by atoms with Crippen molar-refractivity contribution in [3.63, 3.8) is 0 Å². The van der Waals surface area contributed by atoms with Crippen molar-refractivity contribution in [3.8, 4) is 0 Å². The highest BCUT2D eigenvalue weighted by Crippen LogP contribution is 2.17. The summed E-state index contributed by atoms with van der Waals surface area (Å²) in [5.41, 5.74) is 0. The number of methoxy groups -OCH3 is 1. The molecule has 1 aliphatic heterocycles. The van der Waals surface area contributed by atoms with Crippen LogP contribution >= 0.6 is 0 Å². The summed E-state index contributed by atoms with van der Waals surface area (Å²) in [7, 11) is 1.24. The fourth-order valence-corrected chi connectivity index (χ4v) is 1.14. The van der Waals surface area contributed by atoms with Gasteiger partial charge in [0, 0.05) is 7.11 Å². The monoisotopic (exact) mass is 192 g/mol. The quantitative estimate of drug-likeness (QED) is 0.453. The summed E-state index contributed by atoms with van der Waals surface area (Å²) >= 11 is 0. The van der Waals surface area contributed by atoms with Gasteiger partial charge in [-0.05, 0) is 0 Å². The van der Waals surface area contributed by atoms with Gasteiger partial charge in [-0.25, -0.2) is 0 Å². The molecule has 6 nitrogen and oxygen atoms in total. The summed E-state index contributed by atoms with van der Waals surface area (Å²) in [6.45, 7) is -0.481. The molecule has 0 aromatic carbocycles. The Hall–Kier alpha value is -0.530. The van der Waals surface area contributed by atoms with Crippen LogP contribution in [0.5, 0.6) is 0 Å². The number of aliphatic hydroxyl groups excluding tert-OH is 3. The molecular weight excluding hydrogens is 180 g/mol. The summed E-state index contributed by atoms with van der Waals surface area (Å²) in [6.07, 6.45) is -5.16. The second-order valence-corrected chi connectivity index (χ2v) is 2.76. The normalized spacial score (nSPS) is 40.8. The lowest BCUT2D eigenvalue weighted by Crippen LogP contribution is -2.56. The van der Waals surface area contributed by atoms with Gasteiger partial charge in [-0.15, -0.1) is 0 Å². The van der Waals surface area contributed by atoms with E-state index in [0.717, 1.165) is 0 Å². The van der Waals surface area contributed by atoms with Gasteiger partial charge in [0.25, 0.3) is 0 Å². The van der Waals surface area contributed by atoms with Gasteiger partial charge < -0.3 is 24.8 Å². The molecule has 0 amide bonds. The molecule has 6 heteroatoms. The molecule has 0 aromatic heterocycles. The van der Waals surface area contributed by atoms with Crippen LogP contribution in [-0.4, -0.2) is 59.4 Å². The molecule has 0 spiro atoms. The third kappa shape index (κ3) is 1.87. The summed E-state index contributed by atoms with van der Waals surface area (Å²) in [4.78, 5) is 11.1. The summed E-state index contributed by atoms with van der Waals surface area (Å²) < 4.78 is 9.45. The van der Waals surface area contributed by atoms with Gasteiger partial charge in [0.15, 0.2) is 0 Å². The maximum absolute atomic E-state index is 11.1. The van der Waals surface area contributed by atoms with Crippen LogP contribution in [-0.2, 0) is 14.3 Å². The van der Waals surface area contributed by atoms with Crippen LogP contribution in [0.1, 0.15) is 0 Å². The molecule has 0 aliphatic carbocycles. The average molecular weight is 192 g/mol. The molecule has 1 fully saturated rings. The number of hydrogen-bond donors (Lipinski definition) is 3. The van der Waals surface area contributed by atoms with Gasteiger partial charge in [-0.3, -0.25) is 4.79 Å². The number of carbonyl (C=O) groups is 1. The number of aliphatic hydroxyl groups is 3. The van der Waals surface area contributed by atoms with Gasteiger partial charge in [0.1, 0.15) is 18.3 Å². The van der Waals surface area contributed by atoms with E-state index in [0.29, 0.717) is 0 Å². The second kappa shape index (κ2) is 4.12. The molecule has 4 atom stereocenters. The van der Waals surface area contributed by atoms with Crippen LogP contribution in [0.4, 0.5) is 0 Å². The van der Waals surface area contributed by atoms with E-state index >= 15 is 0 Å². The van der Waals surface area contributed by atoms with E-state index < -0.39 is 37.0 Å². The van der Waals surface area contributed by atoms with Crippen molar-refractivity contribution in [2.75, 3.05) is 13.7 Å². The number of ether oxygens (including phenoxy) is 2. The SMILES string of the molecule is CO[C@H]1O[C@H](CO)[C@@H](O)[C@@H](O)C1=O. The maximum Gasteiger partial charge on any atom is 0.220 e. The fourth-order valence-electron chi connectivity index (χ4n) is 1.14. The number of hydrogen-bond acceptors (Lipinski definition) is 6. The van der Waals surface area contributed by atoms with Crippen molar-refractivity contribution in [1.29, 1.82) is 0 Å². The molecule has 0 radical (unpaired) electrons. The zero-order chi connectivity index (χ0) is 10.0. The fraction of sp³-hybridized carbons (Fsp3) is 0.857. The Labute approximate surface area is 74.7 Å². The Morgan fingerprint density at radius 2 is 2.15 bits per heavy atom. The van der Waals surface area contributed by atoms with E-state index in [2.05, 4.69) is 4.74 Å². The molecule has 0 bridgehead atoms. The van der Waals surface area contributed by atoms with Crippen LogP contribution in [0, 0.1) is 0 Å². The molecule has 13 heavy (non-hydrogen) atoms. The summed E-state index contributed by atoms with van der Waals surface area (Å²) in [6, 6.07) is 0. The van der Waals surface area contributed by atoms with Crippen LogP contribution in [0.25, 0.3) is 0 Å². The standard InChI is InChI=1S/C7H12O6/c1-12-7-6(11)5(10)4(9)3(2-8)13-7/h3-5,7-10H,2H2,1H3/t3-,4-,5-,7+/m1/s1. The Morgan fingerprint density at radius 1 is 1.54 bits per heavy atom. The molecule has 0 saturated carbocycles. The first-order valence-corrected chi connectivity index (χ1v) is 3.80. The predicted molar refractivity (Wildman–Crippen MR) is 39.8 cm³/mol. The van der Waals surface area contributed by atoms with Crippen molar-refractivity contribution in [2.45, 2.75) is 24.6 Å². The van der Waals surface area contributed by atoms with Crippen molar-refractivity contribution < 1.29 is 29.6 Å². The molecule has 1 aliphatic rings. The van der Waals surface area contributed by atoms with Crippen LogP contribution in [0.3, 0.4) is 0 Å². The minimum absolute atomic E-state index is 0.481. The minimum atomic E-state index is -1.56. The van der Waals surface area contributed by atoms with Crippen molar-refractivity contribution in [3.05, 3.63) is 0 Å². The van der Waals surface area contributed by atoms with Gasteiger partial charge >= 0.3 is 0 Å². The van der Waals surface area contributed by atoms with E-state index in [1.165, 1.54) is 7.11 Å². The number of Topliss-reactive ketones (excluding diaryl/α,β-unsaturated/α-hetero) is 1. The molecule has 1 saturated heterocycles. The first kappa shape index (κ1) is 10.6. The number of carbonyl (C=O) groups excluding carboxylic acids is 1. The highest BCUT2D eigenvalue weighted by molar-refractivity contribution is 5.87. The first-order chi connectivity index (χ1) is 6.11. The molecule has 0 unspecified atom stereocenters. The van der Waals surface area contributed by atoms with E-state index in [9.17, 15) is 15.0 Å². The molecule has 1 heterocycles. The highest BCUT2D eigenvalue weighted by Gasteiger charge is 2.43. The van der Waals surface area contributed by atoms with E-state index in [1.54, 1.807) is 0 Å². The Kier molecular flexibility index (Phi) is 3.34. The summed E-state index contributed by atoms with van der Waals surface area (Å²) in [5.74, 6) is -0.736. The third-order valence-electron chi connectivity index (χ3n) is 1.92. The lowest BCUT2D eigenvalue weighted by molar-refractivity contribution is -0.233. The average Bonchev–Trinajstić information content (AvgIpc) is 2.15. The summed E-state index contributed by atoms with van der Waals surface area (Å²) in [5, 5.41) is 27.1. The second-order valence-electron chi connectivity index (χ2n) is 2.76. The van der Waals surface area contributed by atoms with E-state index in [1.807, 2.05) is 0 Å². The van der Waals surface area contributed by atoms with E-state index in [4.69, 9.17) is 9.84 Å². The van der Waals surface area contributed by atoms with Crippen LogP contribution < -0.4 is 0 Å². The third-order valence-corrected chi connectivity index (χ3v) is 1.92. The Balaban J connectivity index is 2.72. The largest absolute Gasteiger partial charge is 0.394 e. The maximum atomic E-state index is 11.1. The zero-order valence-corrected chi connectivity index (χ0v) is 7.08. The molecule has 3 N–H and O–H groups in total.